The molecule has 2 N–H and O–H groups in total. The molecule has 5 aromatic rings. The van der Waals surface area contributed by atoms with Crippen LogP contribution in [0, 0.1) is 0 Å². The summed E-state index contributed by atoms with van der Waals surface area (Å²) in [5.74, 6) is 0.885. The highest BCUT2D eigenvalue weighted by molar-refractivity contribution is 7.89. The van der Waals surface area contributed by atoms with Gasteiger partial charge in [0.25, 0.3) is 0 Å². The van der Waals surface area contributed by atoms with Crippen molar-refractivity contribution in [2.45, 2.75) is 17.9 Å². The first-order chi connectivity index (χ1) is 14.5. The number of aryl methyl sites for hydroxylation is 2. The molecule has 0 bridgehead atoms. The van der Waals surface area contributed by atoms with Crippen LogP contribution >= 0.6 is 0 Å². The molecule has 0 amide bonds. The van der Waals surface area contributed by atoms with Gasteiger partial charge in [-0.05, 0) is 41.8 Å². The first-order valence-electron chi connectivity index (χ1n) is 9.64. The highest BCUT2D eigenvalue weighted by atomic mass is 32.2. The van der Waals surface area contributed by atoms with E-state index in [1.54, 1.807) is 12.1 Å². The number of nitrogens with zero attached hydrogens (tertiary/aromatic N) is 3. The van der Waals surface area contributed by atoms with Crippen molar-refractivity contribution in [2.24, 2.45) is 5.14 Å². The Labute approximate surface area is 174 Å². The molecule has 0 aliphatic carbocycles. The van der Waals surface area contributed by atoms with Crippen LogP contribution in [0.5, 0.6) is 0 Å². The molecular weight excluding hydrogens is 396 g/mol. The maximum Gasteiger partial charge on any atom is 0.238 e. The smallest absolute Gasteiger partial charge is 0.238 e. The quantitative estimate of drug-likeness (QED) is 0.472. The Hall–Kier alpha value is -3.42. The van der Waals surface area contributed by atoms with Gasteiger partial charge in [-0.2, -0.15) is 0 Å². The molecule has 2 aromatic heterocycles. The third-order valence-corrected chi connectivity index (χ3v) is 6.24. The van der Waals surface area contributed by atoms with E-state index in [0.29, 0.717) is 6.54 Å². The molecule has 0 saturated heterocycles. The number of primary sulfonamides is 1. The van der Waals surface area contributed by atoms with E-state index in [0.717, 1.165) is 40.1 Å². The monoisotopic (exact) mass is 416 g/mol. The van der Waals surface area contributed by atoms with Gasteiger partial charge in [0.15, 0.2) is 0 Å². The summed E-state index contributed by atoms with van der Waals surface area (Å²) in [6.45, 7) is 0.707. The third kappa shape index (κ3) is 3.28. The van der Waals surface area contributed by atoms with Crippen LogP contribution in [0.2, 0.25) is 0 Å². The summed E-state index contributed by atoms with van der Waals surface area (Å²) in [5.41, 5.74) is 5.27. The van der Waals surface area contributed by atoms with Crippen molar-refractivity contribution in [1.29, 1.82) is 0 Å². The van der Waals surface area contributed by atoms with Crippen LogP contribution in [0.1, 0.15) is 5.56 Å². The molecule has 0 fully saturated rings. The second-order valence-corrected chi connectivity index (χ2v) is 8.80. The summed E-state index contributed by atoms with van der Waals surface area (Å²) in [6.07, 6.45) is 2.86. The summed E-state index contributed by atoms with van der Waals surface area (Å²) in [5, 5.41) is 5.20. The first kappa shape index (κ1) is 18.6. The summed E-state index contributed by atoms with van der Waals surface area (Å²) < 4.78 is 27.3. The number of sulfonamides is 1. The van der Waals surface area contributed by atoms with Crippen molar-refractivity contribution >= 4 is 26.8 Å². The van der Waals surface area contributed by atoms with Gasteiger partial charge in [0.05, 0.1) is 21.6 Å². The average Bonchev–Trinajstić information content (AvgIpc) is 3.29. The fourth-order valence-electron chi connectivity index (χ4n) is 3.80. The van der Waals surface area contributed by atoms with Gasteiger partial charge in [0, 0.05) is 12.7 Å². The van der Waals surface area contributed by atoms with E-state index in [1.165, 1.54) is 0 Å². The van der Waals surface area contributed by atoms with Crippen molar-refractivity contribution in [3.05, 3.63) is 90.6 Å². The second-order valence-electron chi connectivity index (χ2n) is 7.24. The number of benzene rings is 3. The first-order valence-corrected chi connectivity index (χ1v) is 11.2. The van der Waals surface area contributed by atoms with Crippen LogP contribution in [-0.2, 0) is 23.0 Å². The molecule has 150 valence electrons. The largest absolute Gasteiger partial charge is 0.309 e. The van der Waals surface area contributed by atoms with Gasteiger partial charge < -0.3 is 4.57 Å². The van der Waals surface area contributed by atoms with Crippen molar-refractivity contribution in [2.75, 3.05) is 0 Å². The SMILES string of the molecule is NS(=O)(=O)c1ccc(CCn2c(-c3ccccc3)cn3c4ccccc4nc23)cc1. The molecule has 0 atom stereocenters. The normalized spacial score (nSPS) is 12.0. The van der Waals surface area contributed by atoms with Crippen molar-refractivity contribution in [3.8, 4) is 11.3 Å². The standard InChI is InChI=1S/C23H20N4O2S/c24-30(28,29)19-12-10-17(11-13-19)14-15-26-22(18-6-2-1-3-7-18)16-27-21-9-5-4-8-20(21)25-23(26)27/h1-13,16H,14-15H2,(H2,24,28,29). The van der Waals surface area contributed by atoms with Crippen LogP contribution in [0.15, 0.2) is 90.0 Å². The minimum absolute atomic E-state index is 0.124. The Balaban J connectivity index is 1.56. The fraction of sp³-hybridized carbons (Fsp3) is 0.0870. The van der Waals surface area contributed by atoms with Crippen LogP contribution in [0.25, 0.3) is 28.1 Å². The zero-order valence-corrected chi connectivity index (χ0v) is 17.0. The summed E-state index contributed by atoms with van der Waals surface area (Å²) >= 11 is 0. The molecule has 0 radical (unpaired) electrons. The number of hydrogen-bond acceptors (Lipinski definition) is 3. The lowest BCUT2D eigenvalue weighted by molar-refractivity contribution is 0.597. The number of nitrogens with two attached hydrogens (primary N) is 1. The Kier molecular flexibility index (Phi) is 4.42. The predicted octanol–water partition coefficient (Wildman–Crippen LogP) is 3.85. The Morgan fingerprint density at radius 3 is 2.30 bits per heavy atom. The Morgan fingerprint density at radius 1 is 0.867 bits per heavy atom. The molecular formula is C23H20N4O2S. The van der Waals surface area contributed by atoms with E-state index in [2.05, 4.69) is 33.4 Å². The van der Waals surface area contributed by atoms with Gasteiger partial charge in [0.1, 0.15) is 0 Å². The van der Waals surface area contributed by atoms with E-state index in [1.807, 2.05) is 48.5 Å². The van der Waals surface area contributed by atoms with Crippen molar-refractivity contribution in [1.82, 2.24) is 14.0 Å². The predicted molar refractivity (Wildman–Crippen MR) is 118 cm³/mol. The molecule has 7 heteroatoms. The number of fused-ring (bicyclic) bond motifs is 3. The van der Waals surface area contributed by atoms with E-state index in [4.69, 9.17) is 10.1 Å². The van der Waals surface area contributed by atoms with Crippen LogP contribution < -0.4 is 5.14 Å². The molecule has 5 rings (SSSR count). The van der Waals surface area contributed by atoms with Gasteiger partial charge in [-0.3, -0.25) is 4.40 Å². The Morgan fingerprint density at radius 2 is 1.57 bits per heavy atom. The molecule has 0 aliphatic rings. The topological polar surface area (TPSA) is 82.4 Å². The van der Waals surface area contributed by atoms with Crippen LogP contribution in [0.3, 0.4) is 0 Å². The lowest BCUT2D eigenvalue weighted by atomic mass is 10.1. The molecule has 0 saturated carbocycles. The molecule has 0 unspecified atom stereocenters. The van der Waals surface area contributed by atoms with Gasteiger partial charge in [-0.15, -0.1) is 0 Å². The summed E-state index contributed by atoms with van der Waals surface area (Å²) in [7, 11) is -3.68. The Bertz CT molecular complexity index is 1450. The number of aromatic nitrogens is 3. The van der Waals surface area contributed by atoms with Crippen LogP contribution in [0.4, 0.5) is 0 Å². The maximum atomic E-state index is 11.5. The summed E-state index contributed by atoms with van der Waals surface area (Å²) in [4.78, 5) is 4.97. The molecule has 3 aromatic carbocycles. The number of rotatable bonds is 5. The zero-order chi connectivity index (χ0) is 20.7. The summed E-state index contributed by atoms with van der Waals surface area (Å²) in [6, 6.07) is 25.1. The highest BCUT2D eigenvalue weighted by Crippen LogP contribution is 2.27. The van der Waals surface area contributed by atoms with Crippen molar-refractivity contribution < 1.29 is 8.42 Å². The van der Waals surface area contributed by atoms with Gasteiger partial charge in [0.2, 0.25) is 15.8 Å². The highest BCUT2D eigenvalue weighted by Gasteiger charge is 2.15. The number of hydrogen-bond donors (Lipinski definition) is 1. The molecule has 0 spiro atoms. The zero-order valence-electron chi connectivity index (χ0n) is 16.1. The lowest BCUT2D eigenvalue weighted by Crippen LogP contribution is -2.12. The molecule has 0 aliphatic heterocycles. The molecule has 30 heavy (non-hydrogen) atoms. The van der Waals surface area contributed by atoms with E-state index >= 15 is 0 Å². The van der Waals surface area contributed by atoms with E-state index < -0.39 is 10.0 Å². The van der Waals surface area contributed by atoms with Crippen LogP contribution in [-0.4, -0.2) is 22.4 Å². The van der Waals surface area contributed by atoms with E-state index in [-0.39, 0.29) is 4.90 Å². The lowest BCUT2D eigenvalue weighted by Gasteiger charge is -2.09. The van der Waals surface area contributed by atoms with Gasteiger partial charge in [-0.1, -0.05) is 54.6 Å². The number of para-hydroxylation sites is 2. The van der Waals surface area contributed by atoms with Crippen molar-refractivity contribution in [3.63, 3.8) is 0 Å². The maximum absolute atomic E-state index is 11.5. The fourth-order valence-corrected chi connectivity index (χ4v) is 4.31. The average molecular weight is 417 g/mol. The third-order valence-electron chi connectivity index (χ3n) is 5.31. The van der Waals surface area contributed by atoms with Gasteiger partial charge >= 0.3 is 0 Å². The number of imidazole rings is 2. The second kappa shape index (κ2) is 7.12. The minimum atomic E-state index is -3.68. The minimum Gasteiger partial charge on any atom is -0.309 e. The molecule has 6 nitrogen and oxygen atoms in total. The van der Waals surface area contributed by atoms with E-state index in [9.17, 15) is 8.42 Å². The van der Waals surface area contributed by atoms with Gasteiger partial charge in [-0.25, -0.2) is 18.5 Å². The molecule has 2 heterocycles.